The van der Waals surface area contributed by atoms with Crippen molar-refractivity contribution in [2.24, 2.45) is 5.92 Å². The van der Waals surface area contributed by atoms with Gasteiger partial charge in [0.1, 0.15) is 5.92 Å². The van der Waals surface area contributed by atoms with Crippen LogP contribution < -0.4 is 0 Å². The van der Waals surface area contributed by atoms with Crippen LogP contribution >= 0.6 is 11.6 Å². The fourth-order valence-electron chi connectivity index (χ4n) is 4.61. The maximum absolute atomic E-state index is 13.4. The zero-order valence-corrected chi connectivity index (χ0v) is 17.5. The highest BCUT2D eigenvalue weighted by atomic mass is 35.5. The Morgan fingerprint density at radius 2 is 1.72 bits per heavy atom. The number of carbonyl (C=O) groups excluding carboxylic acids is 2. The number of Topliss-reactive ketones (excluding diaryl/α,β-unsaturated/α-hetero) is 1. The highest BCUT2D eigenvalue weighted by Crippen LogP contribution is 2.45. The minimum Gasteiger partial charge on any atom is -0.450 e. The zero-order valence-electron chi connectivity index (χ0n) is 16.7. The number of rotatable bonds is 4. The fourth-order valence-corrected chi connectivity index (χ4v) is 4.73. The highest BCUT2D eigenvalue weighted by molar-refractivity contribution is 6.30. The molecule has 1 aliphatic heterocycles. The van der Waals surface area contributed by atoms with Gasteiger partial charge < -0.3 is 9.47 Å². The molecule has 1 saturated carbocycles. The smallest absolute Gasteiger partial charge is 0.322 e. The molecule has 152 valence electrons. The first-order valence-electron chi connectivity index (χ1n) is 10.1. The van der Waals surface area contributed by atoms with Gasteiger partial charge in [-0.15, -0.1) is 0 Å². The van der Waals surface area contributed by atoms with Crippen molar-refractivity contribution in [1.82, 2.24) is 0 Å². The predicted octanol–water partition coefficient (Wildman–Crippen LogP) is 5.10. The van der Waals surface area contributed by atoms with Gasteiger partial charge in [0.25, 0.3) is 0 Å². The van der Waals surface area contributed by atoms with Crippen molar-refractivity contribution < 1.29 is 19.1 Å². The molecule has 0 amide bonds. The molecule has 2 aromatic rings. The van der Waals surface area contributed by atoms with Crippen LogP contribution in [0.2, 0.25) is 5.02 Å². The number of benzene rings is 2. The highest BCUT2D eigenvalue weighted by Gasteiger charge is 2.56. The summed E-state index contributed by atoms with van der Waals surface area (Å²) in [6.45, 7) is 2.62. The van der Waals surface area contributed by atoms with Crippen LogP contribution in [0.4, 0.5) is 0 Å². The molecule has 1 atom stereocenters. The summed E-state index contributed by atoms with van der Waals surface area (Å²) in [6, 6.07) is 13.4. The average Bonchev–Trinajstić information content (AvgIpc) is 2.95. The summed E-state index contributed by atoms with van der Waals surface area (Å²) in [7, 11) is 1.69. The van der Waals surface area contributed by atoms with Gasteiger partial charge in [0.2, 0.25) is 0 Å². The van der Waals surface area contributed by atoms with E-state index in [-0.39, 0.29) is 5.78 Å². The van der Waals surface area contributed by atoms with Crippen LogP contribution in [0.3, 0.4) is 0 Å². The van der Waals surface area contributed by atoms with Crippen molar-refractivity contribution in [2.45, 2.75) is 44.1 Å². The second-order valence-corrected chi connectivity index (χ2v) is 8.63. The van der Waals surface area contributed by atoms with Gasteiger partial charge >= 0.3 is 5.97 Å². The third-order valence-corrected chi connectivity index (χ3v) is 6.58. The summed E-state index contributed by atoms with van der Waals surface area (Å²) in [5.74, 6) is -0.932. The lowest BCUT2D eigenvalue weighted by Gasteiger charge is -2.34. The van der Waals surface area contributed by atoms with Crippen LogP contribution in [-0.4, -0.2) is 31.1 Å². The second-order valence-electron chi connectivity index (χ2n) is 8.19. The number of aryl methyl sites for hydroxylation is 1. The molecule has 1 unspecified atom stereocenters. The lowest BCUT2D eigenvalue weighted by atomic mass is 9.74. The zero-order chi connectivity index (χ0) is 20.6. The van der Waals surface area contributed by atoms with Gasteiger partial charge in [-0.25, -0.2) is 0 Å². The van der Waals surface area contributed by atoms with Gasteiger partial charge in [-0.05, 0) is 79.0 Å². The summed E-state index contributed by atoms with van der Waals surface area (Å²) < 4.78 is 11.0. The summed E-state index contributed by atoms with van der Waals surface area (Å²) in [6.07, 6.45) is 2.84. The Hall–Kier alpha value is -2.17. The average molecular weight is 413 g/mol. The van der Waals surface area contributed by atoms with Crippen molar-refractivity contribution in [3.05, 3.63) is 58.6 Å². The van der Waals surface area contributed by atoms with Crippen LogP contribution in [0.5, 0.6) is 0 Å². The minimum atomic E-state index is -0.964. The minimum absolute atomic E-state index is 0.0882. The predicted molar refractivity (Wildman–Crippen MR) is 112 cm³/mol. The largest absolute Gasteiger partial charge is 0.450 e. The summed E-state index contributed by atoms with van der Waals surface area (Å²) >= 11 is 6.00. The summed E-state index contributed by atoms with van der Waals surface area (Å²) in [5.41, 5.74) is 2.64. The Kier molecular flexibility index (Phi) is 5.50. The third-order valence-electron chi connectivity index (χ3n) is 6.33. The number of carbonyl (C=O) groups is 2. The fraction of sp³-hybridized carbons (Fsp3) is 0.417. The Labute approximate surface area is 176 Å². The molecule has 0 aromatic heterocycles. The molecule has 1 heterocycles. The molecule has 29 heavy (non-hydrogen) atoms. The van der Waals surface area contributed by atoms with Gasteiger partial charge in [0, 0.05) is 18.7 Å². The van der Waals surface area contributed by atoms with Crippen molar-refractivity contribution in [3.63, 3.8) is 0 Å². The van der Waals surface area contributed by atoms with Crippen LogP contribution in [-0.2, 0) is 19.1 Å². The van der Waals surface area contributed by atoms with Crippen LogP contribution in [0.25, 0.3) is 11.1 Å². The first-order chi connectivity index (χ1) is 13.9. The molecule has 2 aliphatic rings. The van der Waals surface area contributed by atoms with E-state index < -0.39 is 17.5 Å². The van der Waals surface area contributed by atoms with Crippen molar-refractivity contribution in [1.29, 1.82) is 0 Å². The van der Waals surface area contributed by atoms with E-state index in [0.29, 0.717) is 30.4 Å². The van der Waals surface area contributed by atoms with Crippen LogP contribution in [0.15, 0.2) is 42.5 Å². The van der Waals surface area contributed by atoms with Crippen LogP contribution in [0.1, 0.15) is 42.7 Å². The number of methoxy groups -OCH3 is 1. The van der Waals surface area contributed by atoms with Crippen molar-refractivity contribution in [2.75, 3.05) is 13.7 Å². The van der Waals surface area contributed by atoms with Gasteiger partial charge in [-0.2, -0.15) is 0 Å². The quantitative estimate of drug-likeness (QED) is 0.517. The van der Waals surface area contributed by atoms with Crippen molar-refractivity contribution >= 4 is 23.4 Å². The normalized spacial score (nSPS) is 26.7. The standard InChI is InChI=1S/C24H25ClO4/c1-15-3-4-18(17-5-7-19(25)8-6-17)13-20(15)21-22(26)24(29-23(21)27)11-9-16(10-12-24)14-28-2/h3-8,13,16,21H,9-12,14H2,1-2H3. The number of halogens is 1. The first kappa shape index (κ1) is 20.1. The molecule has 1 saturated heterocycles. The Bertz CT molecular complexity index is 926. The van der Waals surface area contributed by atoms with E-state index in [9.17, 15) is 9.59 Å². The van der Waals surface area contributed by atoms with Crippen molar-refractivity contribution in [3.8, 4) is 11.1 Å². The lowest BCUT2D eigenvalue weighted by molar-refractivity contribution is -0.156. The third kappa shape index (κ3) is 3.72. The maximum atomic E-state index is 13.4. The van der Waals surface area contributed by atoms with Gasteiger partial charge in [-0.3, -0.25) is 9.59 Å². The molecule has 1 spiro atoms. The molecule has 0 radical (unpaired) electrons. The summed E-state index contributed by atoms with van der Waals surface area (Å²) in [4.78, 5) is 26.2. The van der Waals surface area contributed by atoms with E-state index in [1.807, 2.05) is 49.4 Å². The number of ether oxygens (including phenoxy) is 2. The topological polar surface area (TPSA) is 52.6 Å². The van der Waals surface area contributed by atoms with E-state index in [0.717, 1.165) is 35.1 Å². The SMILES string of the molecule is COCC1CCC2(CC1)OC(=O)C(c1cc(-c3ccc(Cl)cc3)ccc1C)C2=O. The number of hydrogen-bond acceptors (Lipinski definition) is 4. The molecule has 4 nitrogen and oxygen atoms in total. The Balaban J connectivity index is 1.63. The molecule has 5 heteroatoms. The van der Waals surface area contributed by atoms with Crippen LogP contribution in [0, 0.1) is 12.8 Å². The second kappa shape index (κ2) is 7.92. The van der Waals surface area contributed by atoms with Gasteiger partial charge in [0.05, 0.1) is 0 Å². The number of hydrogen-bond donors (Lipinski definition) is 0. The molecule has 0 bridgehead atoms. The molecule has 1 aliphatic carbocycles. The molecule has 4 rings (SSSR count). The van der Waals surface area contributed by atoms with Gasteiger partial charge in [-0.1, -0.05) is 35.9 Å². The monoisotopic (exact) mass is 412 g/mol. The maximum Gasteiger partial charge on any atom is 0.322 e. The lowest BCUT2D eigenvalue weighted by Crippen LogP contribution is -2.41. The van der Waals surface area contributed by atoms with E-state index in [1.165, 1.54) is 0 Å². The molecule has 2 aromatic carbocycles. The summed E-state index contributed by atoms with van der Waals surface area (Å²) in [5, 5.41) is 0.668. The van der Waals surface area contributed by atoms with E-state index >= 15 is 0 Å². The molecular weight excluding hydrogens is 388 g/mol. The van der Waals surface area contributed by atoms with E-state index in [1.54, 1.807) is 7.11 Å². The number of ketones is 1. The Morgan fingerprint density at radius 1 is 1.07 bits per heavy atom. The van der Waals surface area contributed by atoms with E-state index in [4.69, 9.17) is 21.1 Å². The Morgan fingerprint density at radius 3 is 2.38 bits per heavy atom. The van der Waals surface area contributed by atoms with Gasteiger partial charge in [0.15, 0.2) is 11.4 Å². The van der Waals surface area contributed by atoms with E-state index in [2.05, 4.69) is 0 Å². The first-order valence-corrected chi connectivity index (χ1v) is 10.4. The number of esters is 1. The molecule has 0 N–H and O–H groups in total. The molecule has 2 fully saturated rings. The molecular formula is C24H25ClO4.